The first-order chi connectivity index (χ1) is 14.9. The Balaban J connectivity index is 2.00. The van der Waals surface area contributed by atoms with Crippen molar-refractivity contribution in [3.05, 3.63) is 33.9 Å². The van der Waals surface area contributed by atoms with E-state index < -0.39 is 28.9 Å². The second-order valence-corrected chi connectivity index (χ2v) is 9.28. The maximum atomic E-state index is 12.4. The molecule has 10 nitrogen and oxygen atoms in total. The molecule has 0 aromatic heterocycles. The molecule has 1 unspecified atom stereocenters. The van der Waals surface area contributed by atoms with E-state index >= 15 is 0 Å². The average Bonchev–Trinajstić information content (AvgIpc) is 2.69. The summed E-state index contributed by atoms with van der Waals surface area (Å²) < 4.78 is 5.03. The fourth-order valence-electron chi connectivity index (χ4n) is 3.55. The van der Waals surface area contributed by atoms with Crippen LogP contribution >= 0.6 is 0 Å². The van der Waals surface area contributed by atoms with Crippen LogP contribution in [-0.2, 0) is 14.3 Å². The Morgan fingerprint density at radius 2 is 2.00 bits per heavy atom. The van der Waals surface area contributed by atoms with Crippen molar-refractivity contribution in [3.8, 4) is 0 Å². The van der Waals surface area contributed by atoms with Gasteiger partial charge < -0.3 is 19.9 Å². The first-order valence-electron chi connectivity index (χ1n) is 10.6. The van der Waals surface area contributed by atoms with Crippen LogP contribution in [0.4, 0.5) is 11.4 Å². The lowest BCUT2D eigenvalue weighted by Crippen LogP contribution is -2.46. The van der Waals surface area contributed by atoms with Crippen LogP contribution in [0.15, 0.2) is 18.2 Å². The fraction of sp³-hybridized carbons (Fsp3) is 0.591. The molecule has 1 aliphatic heterocycles. The Hall–Kier alpha value is -3.17. The predicted molar refractivity (Wildman–Crippen MR) is 120 cm³/mol. The van der Waals surface area contributed by atoms with Gasteiger partial charge in [-0.2, -0.15) is 0 Å². The van der Waals surface area contributed by atoms with E-state index in [0.29, 0.717) is 18.2 Å². The summed E-state index contributed by atoms with van der Waals surface area (Å²) in [5.74, 6) is -1.30. The molecule has 10 heteroatoms. The van der Waals surface area contributed by atoms with Gasteiger partial charge in [-0.25, -0.2) is 4.79 Å². The van der Waals surface area contributed by atoms with Crippen molar-refractivity contribution in [1.82, 2.24) is 10.2 Å². The molecule has 2 amide bonds. The lowest BCUT2D eigenvalue weighted by Gasteiger charge is -2.32. The number of carbonyl (C=O) groups is 3. The van der Waals surface area contributed by atoms with E-state index in [0.717, 1.165) is 24.3 Å². The van der Waals surface area contributed by atoms with Gasteiger partial charge in [0.1, 0.15) is 5.69 Å². The van der Waals surface area contributed by atoms with Crippen LogP contribution in [0.2, 0.25) is 0 Å². The van der Waals surface area contributed by atoms with Crippen molar-refractivity contribution in [2.45, 2.75) is 46.1 Å². The van der Waals surface area contributed by atoms with Gasteiger partial charge in [0, 0.05) is 31.7 Å². The van der Waals surface area contributed by atoms with Crippen LogP contribution < -0.4 is 10.2 Å². The van der Waals surface area contributed by atoms with E-state index in [-0.39, 0.29) is 23.7 Å². The number of carbonyl (C=O) groups excluding carboxylic acids is 3. The maximum absolute atomic E-state index is 12.4. The SMILES string of the molecule is CC1CCCN(c2ccc(C(=O)OCC(=O)N(C)CC(=O)NC(C)(C)C)cc2[N+](=O)[O-])C1. The number of nitrogens with one attached hydrogen (secondary N) is 1. The number of nitrogens with zero attached hydrogens (tertiary/aromatic N) is 3. The standard InChI is InChI=1S/C22H32N4O6/c1-15-7-6-10-25(12-15)17-9-8-16(11-18(17)26(30)31)21(29)32-14-20(28)24(5)13-19(27)23-22(2,3)4/h8-9,11,15H,6-7,10,12-14H2,1-5H3,(H,23,27). The summed E-state index contributed by atoms with van der Waals surface area (Å²) in [5.41, 5.74) is -0.137. The molecule has 1 aromatic rings. The minimum atomic E-state index is -0.840. The van der Waals surface area contributed by atoms with Crippen molar-refractivity contribution >= 4 is 29.2 Å². The van der Waals surface area contributed by atoms with Crippen LogP contribution in [0.3, 0.4) is 0 Å². The molecule has 1 N–H and O–H groups in total. The van der Waals surface area contributed by atoms with Gasteiger partial charge in [-0.15, -0.1) is 0 Å². The van der Waals surface area contributed by atoms with Gasteiger partial charge in [-0.05, 0) is 51.7 Å². The lowest BCUT2D eigenvalue weighted by molar-refractivity contribution is -0.384. The van der Waals surface area contributed by atoms with Crippen LogP contribution in [0.5, 0.6) is 0 Å². The Morgan fingerprint density at radius 3 is 2.59 bits per heavy atom. The fourth-order valence-corrected chi connectivity index (χ4v) is 3.55. The van der Waals surface area contributed by atoms with Crippen LogP contribution in [-0.4, -0.2) is 66.4 Å². The lowest BCUT2D eigenvalue weighted by atomic mass is 9.99. The maximum Gasteiger partial charge on any atom is 0.338 e. The molecule has 0 saturated carbocycles. The van der Waals surface area contributed by atoms with E-state index in [9.17, 15) is 24.5 Å². The molecular formula is C22H32N4O6. The van der Waals surface area contributed by atoms with Gasteiger partial charge in [-0.3, -0.25) is 19.7 Å². The minimum absolute atomic E-state index is 0.00793. The summed E-state index contributed by atoms with van der Waals surface area (Å²) in [4.78, 5) is 50.7. The van der Waals surface area contributed by atoms with Gasteiger partial charge in [0.15, 0.2) is 6.61 Å². The van der Waals surface area contributed by atoms with Gasteiger partial charge in [0.05, 0.1) is 17.0 Å². The highest BCUT2D eigenvalue weighted by molar-refractivity contribution is 5.93. The molecule has 1 aromatic carbocycles. The minimum Gasteiger partial charge on any atom is -0.452 e. The average molecular weight is 449 g/mol. The number of hydrogen-bond donors (Lipinski definition) is 1. The first-order valence-corrected chi connectivity index (χ1v) is 10.6. The van der Waals surface area contributed by atoms with Gasteiger partial charge >= 0.3 is 5.97 Å². The highest BCUT2D eigenvalue weighted by Gasteiger charge is 2.26. The number of rotatable bonds is 7. The van der Waals surface area contributed by atoms with Crippen molar-refractivity contribution in [2.24, 2.45) is 5.92 Å². The second kappa shape index (κ2) is 10.4. The predicted octanol–water partition coefficient (Wildman–Crippen LogP) is 2.36. The third-order valence-corrected chi connectivity index (χ3v) is 5.05. The van der Waals surface area contributed by atoms with Crippen LogP contribution in [0.25, 0.3) is 0 Å². The highest BCUT2D eigenvalue weighted by atomic mass is 16.6. The summed E-state index contributed by atoms with van der Waals surface area (Å²) in [6.07, 6.45) is 2.03. The molecule has 0 radical (unpaired) electrons. The van der Waals surface area contributed by atoms with E-state index in [1.54, 1.807) is 6.07 Å². The Kier molecular flexibility index (Phi) is 8.18. The summed E-state index contributed by atoms with van der Waals surface area (Å²) in [6, 6.07) is 4.20. The number of esters is 1. The molecule has 176 valence electrons. The number of ether oxygens (including phenoxy) is 1. The zero-order chi connectivity index (χ0) is 24.1. The second-order valence-electron chi connectivity index (χ2n) is 9.28. The van der Waals surface area contributed by atoms with Crippen molar-refractivity contribution < 1.29 is 24.0 Å². The quantitative estimate of drug-likeness (QED) is 0.386. The molecular weight excluding hydrogens is 416 g/mol. The number of amides is 2. The topological polar surface area (TPSA) is 122 Å². The van der Waals surface area contributed by atoms with Gasteiger partial charge in [0.25, 0.3) is 11.6 Å². The molecule has 1 aliphatic rings. The summed E-state index contributed by atoms with van der Waals surface area (Å²) in [5, 5.41) is 14.3. The number of anilines is 1. The zero-order valence-electron chi connectivity index (χ0n) is 19.3. The Labute approximate surface area is 188 Å². The Bertz CT molecular complexity index is 880. The number of hydrogen-bond acceptors (Lipinski definition) is 7. The first kappa shape index (κ1) is 25.1. The monoisotopic (exact) mass is 448 g/mol. The van der Waals surface area contributed by atoms with Crippen molar-refractivity contribution in [1.29, 1.82) is 0 Å². The third-order valence-electron chi connectivity index (χ3n) is 5.05. The van der Waals surface area contributed by atoms with Crippen LogP contribution in [0.1, 0.15) is 50.9 Å². The summed E-state index contributed by atoms with van der Waals surface area (Å²) in [6.45, 7) is 8.26. The molecule has 1 saturated heterocycles. The molecule has 32 heavy (non-hydrogen) atoms. The molecule has 0 spiro atoms. The largest absolute Gasteiger partial charge is 0.452 e. The van der Waals surface area contributed by atoms with Gasteiger partial charge in [0.2, 0.25) is 5.91 Å². The molecule has 2 rings (SSSR count). The highest BCUT2D eigenvalue weighted by Crippen LogP contribution is 2.32. The molecule has 0 bridgehead atoms. The molecule has 0 aliphatic carbocycles. The number of likely N-dealkylation sites (N-methyl/N-ethyl adjacent to an activating group) is 1. The summed E-state index contributed by atoms with van der Waals surface area (Å²) >= 11 is 0. The van der Waals surface area contributed by atoms with Crippen molar-refractivity contribution in [2.75, 3.05) is 38.2 Å². The number of benzene rings is 1. The Morgan fingerprint density at radius 1 is 1.31 bits per heavy atom. The zero-order valence-corrected chi connectivity index (χ0v) is 19.3. The number of nitro groups is 1. The number of nitro benzene ring substituents is 1. The normalized spacial score (nSPS) is 16.3. The van der Waals surface area contributed by atoms with E-state index in [1.165, 1.54) is 19.2 Å². The van der Waals surface area contributed by atoms with E-state index in [2.05, 4.69) is 12.2 Å². The molecule has 1 fully saturated rings. The number of piperidine rings is 1. The van der Waals surface area contributed by atoms with Gasteiger partial charge in [-0.1, -0.05) is 6.92 Å². The molecule has 1 atom stereocenters. The van der Waals surface area contributed by atoms with E-state index in [1.807, 2.05) is 25.7 Å². The summed E-state index contributed by atoms with van der Waals surface area (Å²) in [7, 11) is 1.43. The molecule has 1 heterocycles. The third kappa shape index (κ3) is 7.21. The van der Waals surface area contributed by atoms with E-state index in [4.69, 9.17) is 4.74 Å². The van der Waals surface area contributed by atoms with Crippen molar-refractivity contribution in [3.63, 3.8) is 0 Å². The smallest absolute Gasteiger partial charge is 0.338 e. The van der Waals surface area contributed by atoms with Crippen LogP contribution in [0, 0.1) is 16.0 Å².